The highest BCUT2D eigenvalue weighted by Crippen LogP contribution is 2.43. The van der Waals surface area contributed by atoms with Gasteiger partial charge in [0.25, 0.3) is 0 Å². The summed E-state index contributed by atoms with van der Waals surface area (Å²) in [6.45, 7) is 0. The van der Waals surface area contributed by atoms with Crippen molar-refractivity contribution in [1.29, 1.82) is 0 Å². The lowest BCUT2D eigenvalue weighted by Gasteiger charge is -2.17. The number of fused-ring (bicyclic) bond motifs is 2. The minimum atomic E-state index is 0.585. The molecule has 0 fully saturated rings. The fourth-order valence-electron chi connectivity index (χ4n) is 10.2. The summed E-state index contributed by atoms with van der Waals surface area (Å²) in [6.07, 6.45) is 7.24. The Kier molecular flexibility index (Phi) is 9.67. The molecule has 0 bridgehead atoms. The van der Waals surface area contributed by atoms with Gasteiger partial charge in [0.2, 0.25) is 0 Å². The molecule has 0 spiro atoms. The first kappa shape index (κ1) is 41.1. The van der Waals surface area contributed by atoms with Crippen molar-refractivity contribution in [2.45, 2.75) is 0 Å². The zero-order valence-electron chi connectivity index (χ0n) is 38.5. The Balaban J connectivity index is 0.953. The van der Waals surface area contributed by atoms with Crippen molar-refractivity contribution in [2.75, 3.05) is 0 Å². The van der Waals surface area contributed by atoms with Crippen molar-refractivity contribution in [3.8, 4) is 90.6 Å². The summed E-state index contributed by atoms with van der Waals surface area (Å²) < 4.78 is 0. The highest BCUT2D eigenvalue weighted by molar-refractivity contribution is 6.27. The molecule has 10 aromatic carbocycles. The van der Waals surface area contributed by atoms with Crippen LogP contribution in [0.3, 0.4) is 0 Å². The van der Waals surface area contributed by atoms with Crippen LogP contribution in [-0.2, 0) is 0 Å². The van der Waals surface area contributed by atoms with E-state index < -0.39 is 0 Å². The van der Waals surface area contributed by atoms with Gasteiger partial charge in [-0.05, 0) is 113 Å². The van der Waals surface area contributed by atoms with Gasteiger partial charge in [-0.2, -0.15) is 0 Å². The number of benzene rings is 10. The summed E-state index contributed by atoms with van der Waals surface area (Å²) in [6, 6.07) is 71.7. The van der Waals surface area contributed by atoms with Gasteiger partial charge in [-0.1, -0.05) is 170 Å². The maximum Gasteiger partial charge on any atom is 0.164 e. The third-order valence-electron chi connectivity index (χ3n) is 13.8. The van der Waals surface area contributed by atoms with Gasteiger partial charge < -0.3 is 0 Å². The van der Waals surface area contributed by atoms with Crippen molar-refractivity contribution < 1.29 is 0 Å². The third kappa shape index (κ3) is 7.08. The van der Waals surface area contributed by atoms with Gasteiger partial charge >= 0.3 is 0 Å². The molecule has 334 valence electrons. The molecule has 0 aliphatic carbocycles. The number of pyridine rings is 2. The molecule has 4 heterocycles. The summed E-state index contributed by atoms with van der Waals surface area (Å²) in [5, 5.41) is 11.0. The molecular weight excluding hydrogens is 881 g/mol. The molecule has 0 N–H and O–H groups in total. The summed E-state index contributed by atoms with van der Waals surface area (Å²) in [5.74, 6) is 3.59. The van der Waals surface area contributed by atoms with E-state index in [1.807, 2.05) is 49.1 Å². The number of rotatable bonds is 8. The van der Waals surface area contributed by atoms with Crippen molar-refractivity contribution in [2.24, 2.45) is 0 Å². The summed E-state index contributed by atoms with van der Waals surface area (Å²) in [5.41, 5.74) is 9.84. The van der Waals surface area contributed by atoms with E-state index in [1.165, 1.54) is 0 Å². The second kappa shape index (κ2) is 16.9. The van der Waals surface area contributed by atoms with Gasteiger partial charge in [0.15, 0.2) is 34.9 Å². The van der Waals surface area contributed by atoms with E-state index in [-0.39, 0.29) is 0 Å². The molecule has 0 atom stereocenters. The maximum atomic E-state index is 5.34. The van der Waals surface area contributed by atoms with Crippen LogP contribution in [0.5, 0.6) is 0 Å². The molecule has 0 unspecified atom stereocenters. The quantitative estimate of drug-likeness (QED) is 0.139. The predicted molar refractivity (Wildman–Crippen MR) is 291 cm³/mol. The lowest BCUT2D eigenvalue weighted by Crippen LogP contribution is -2.02. The Morgan fingerprint density at radius 2 is 0.514 bits per heavy atom. The Hall–Kier alpha value is -9.92. The molecule has 72 heavy (non-hydrogen) atoms. The van der Waals surface area contributed by atoms with Crippen LogP contribution < -0.4 is 0 Å². The molecule has 14 aromatic rings. The standard InChI is InChI=1S/C64H38N8/c1-3-11-49-43(7-1)9-5-13-53(49)61-70-62(54-14-6-10-44-8-2-4-12-50(44)54)72-64(71-61)56-30-26-46-23-27-51-55(29-25-45-24-28-52(56)58(46)57(45)51)63-68-59(47-19-15-39(16-20-47)41-31-35-65-36-32-41)67-60(69-63)48-21-17-40(18-22-48)42-33-37-66-38-34-42/h1-38H. The third-order valence-corrected chi connectivity index (χ3v) is 13.8. The van der Waals surface area contributed by atoms with Crippen LogP contribution >= 0.6 is 0 Å². The average Bonchev–Trinajstić information content (AvgIpc) is 3.46. The van der Waals surface area contributed by atoms with Gasteiger partial charge in [0, 0.05) is 58.2 Å². The Morgan fingerprint density at radius 3 is 0.944 bits per heavy atom. The lowest BCUT2D eigenvalue weighted by molar-refractivity contribution is 1.08. The van der Waals surface area contributed by atoms with Crippen molar-refractivity contribution in [1.82, 2.24) is 39.9 Å². The molecule has 0 aliphatic rings. The van der Waals surface area contributed by atoms with Crippen LogP contribution in [0.4, 0.5) is 0 Å². The number of hydrogen-bond donors (Lipinski definition) is 0. The summed E-state index contributed by atoms with van der Waals surface area (Å²) in [7, 11) is 0. The molecule has 0 radical (unpaired) electrons. The fraction of sp³-hybridized carbons (Fsp3) is 0. The molecule has 8 nitrogen and oxygen atoms in total. The molecule has 0 saturated carbocycles. The Morgan fingerprint density at radius 1 is 0.194 bits per heavy atom. The Labute approximate surface area is 413 Å². The minimum absolute atomic E-state index is 0.585. The zero-order chi connectivity index (χ0) is 47.5. The van der Waals surface area contributed by atoms with E-state index in [4.69, 9.17) is 29.9 Å². The molecule has 4 aromatic heterocycles. The molecular formula is C64H38N8. The smallest absolute Gasteiger partial charge is 0.164 e. The van der Waals surface area contributed by atoms with Crippen LogP contribution in [0, 0.1) is 0 Å². The van der Waals surface area contributed by atoms with Crippen LogP contribution in [0.1, 0.15) is 0 Å². The maximum absolute atomic E-state index is 5.34. The van der Waals surface area contributed by atoms with Crippen LogP contribution in [0.25, 0.3) is 144 Å². The normalized spacial score (nSPS) is 11.6. The van der Waals surface area contributed by atoms with Crippen LogP contribution in [0.15, 0.2) is 231 Å². The fourth-order valence-corrected chi connectivity index (χ4v) is 10.2. The monoisotopic (exact) mass is 918 g/mol. The van der Waals surface area contributed by atoms with Crippen LogP contribution in [-0.4, -0.2) is 39.9 Å². The van der Waals surface area contributed by atoms with Crippen LogP contribution in [0.2, 0.25) is 0 Å². The predicted octanol–water partition coefficient (Wildman–Crippen LogP) is 15.4. The molecule has 0 aliphatic heterocycles. The molecule has 14 rings (SSSR count). The van der Waals surface area contributed by atoms with Crippen molar-refractivity contribution in [3.05, 3.63) is 231 Å². The highest BCUT2D eigenvalue weighted by atomic mass is 15.0. The minimum Gasteiger partial charge on any atom is -0.265 e. The van der Waals surface area contributed by atoms with E-state index >= 15 is 0 Å². The number of aromatic nitrogens is 8. The zero-order valence-corrected chi connectivity index (χ0v) is 38.5. The summed E-state index contributed by atoms with van der Waals surface area (Å²) >= 11 is 0. The van der Waals surface area contributed by atoms with Gasteiger partial charge in [0.1, 0.15) is 0 Å². The first-order chi connectivity index (χ1) is 35.7. The van der Waals surface area contributed by atoms with E-state index in [1.54, 1.807) is 0 Å². The topological polar surface area (TPSA) is 103 Å². The highest BCUT2D eigenvalue weighted by Gasteiger charge is 2.22. The first-order valence-corrected chi connectivity index (χ1v) is 23.9. The molecule has 0 saturated heterocycles. The second-order valence-corrected chi connectivity index (χ2v) is 17.9. The lowest BCUT2D eigenvalue weighted by atomic mass is 9.89. The number of nitrogens with zero attached hydrogens (tertiary/aromatic N) is 8. The van der Waals surface area contributed by atoms with E-state index in [0.717, 1.165) is 109 Å². The summed E-state index contributed by atoms with van der Waals surface area (Å²) in [4.78, 5) is 40.0. The van der Waals surface area contributed by atoms with E-state index in [0.29, 0.717) is 34.9 Å². The van der Waals surface area contributed by atoms with Gasteiger partial charge in [-0.3, -0.25) is 9.97 Å². The van der Waals surface area contributed by atoms with Crippen molar-refractivity contribution in [3.63, 3.8) is 0 Å². The van der Waals surface area contributed by atoms with Gasteiger partial charge in [-0.15, -0.1) is 0 Å². The van der Waals surface area contributed by atoms with Crippen molar-refractivity contribution >= 4 is 53.9 Å². The number of hydrogen-bond acceptors (Lipinski definition) is 8. The largest absolute Gasteiger partial charge is 0.265 e. The second-order valence-electron chi connectivity index (χ2n) is 17.9. The van der Waals surface area contributed by atoms with E-state index in [9.17, 15) is 0 Å². The SMILES string of the molecule is c1ccc2c(-c3nc(-c4cccc5ccccc45)nc(-c4ccc5ccc6c(-c7nc(-c8ccc(-c9ccncc9)cc8)nc(-c8ccc(-c9ccncc9)cc8)n7)ccc7ccc4c5c76)n3)cccc2c1. The van der Waals surface area contributed by atoms with E-state index in [2.05, 4.69) is 192 Å². The Bertz CT molecular complexity index is 4160. The van der Waals surface area contributed by atoms with Gasteiger partial charge in [0.05, 0.1) is 0 Å². The first-order valence-electron chi connectivity index (χ1n) is 23.9. The van der Waals surface area contributed by atoms with Gasteiger partial charge in [-0.25, -0.2) is 29.9 Å². The average molecular weight is 919 g/mol. The molecule has 8 heteroatoms. The molecule has 0 amide bonds.